The number of rotatable bonds is 3. The zero-order valence-electron chi connectivity index (χ0n) is 10.7. The second-order valence-electron chi connectivity index (χ2n) is 5.30. The molecule has 0 amide bonds. The molecule has 0 bridgehead atoms. The monoisotopic (exact) mass is 228 g/mol. The van der Waals surface area contributed by atoms with Gasteiger partial charge < -0.3 is 10.3 Å². The number of para-hydroxylation sites is 1. The molecule has 1 aromatic carbocycles. The van der Waals surface area contributed by atoms with Gasteiger partial charge in [0.2, 0.25) is 0 Å². The van der Waals surface area contributed by atoms with Crippen LogP contribution in [-0.4, -0.2) is 11.1 Å². The zero-order valence-corrected chi connectivity index (χ0v) is 10.7. The van der Waals surface area contributed by atoms with Crippen LogP contribution in [0.4, 0.5) is 0 Å². The third-order valence-corrected chi connectivity index (χ3v) is 4.28. The number of hydrogen-bond donors (Lipinski definition) is 1. The quantitative estimate of drug-likeness (QED) is 0.860. The van der Waals surface area contributed by atoms with Gasteiger partial charge in [-0.1, -0.05) is 25.1 Å². The molecular weight excluding hydrogens is 208 g/mol. The number of fused-ring (bicyclic) bond motifs is 1. The summed E-state index contributed by atoms with van der Waals surface area (Å²) in [6.45, 7) is 3.00. The second kappa shape index (κ2) is 3.61. The summed E-state index contributed by atoms with van der Waals surface area (Å²) in [6, 6.07) is 6.66. The number of aryl methyl sites for hydroxylation is 2. The second-order valence-corrected chi connectivity index (χ2v) is 5.30. The zero-order chi connectivity index (χ0) is 12.0. The summed E-state index contributed by atoms with van der Waals surface area (Å²) in [4.78, 5) is 0. The molecule has 1 heterocycles. The van der Waals surface area contributed by atoms with Crippen LogP contribution >= 0.6 is 0 Å². The highest BCUT2D eigenvalue weighted by Gasteiger charge is 2.44. The average Bonchev–Trinajstić information content (AvgIpc) is 3.09. The van der Waals surface area contributed by atoms with Gasteiger partial charge in [-0.15, -0.1) is 0 Å². The van der Waals surface area contributed by atoms with E-state index in [1.165, 1.54) is 34.9 Å². The molecule has 0 atom stereocenters. The summed E-state index contributed by atoms with van der Waals surface area (Å²) < 4.78 is 2.28. The Labute approximate surface area is 102 Å². The van der Waals surface area contributed by atoms with Crippen molar-refractivity contribution in [3.63, 3.8) is 0 Å². The van der Waals surface area contributed by atoms with Crippen molar-refractivity contribution in [3.05, 3.63) is 35.5 Å². The summed E-state index contributed by atoms with van der Waals surface area (Å²) in [7, 11) is 2.15. The smallest absolute Gasteiger partial charge is 0.0513 e. The van der Waals surface area contributed by atoms with Gasteiger partial charge in [-0.25, -0.2) is 0 Å². The molecule has 2 heteroatoms. The van der Waals surface area contributed by atoms with Gasteiger partial charge in [0.05, 0.1) is 5.52 Å². The molecule has 0 radical (unpaired) electrons. The Kier molecular flexibility index (Phi) is 2.30. The number of nitrogens with two attached hydrogens (primary N) is 1. The summed E-state index contributed by atoms with van der Waals surface area (Å²) >= 11 is 0. The fourth-order valence-corrected chi connectivity index (χ4v) is 3.00. The van der Waals surface area contributed by atoms with Crippen molar-refractivity contribution in [3.8, 4) is 0 Å². The maximum atomic E-state index is 5.96. The lowest BCUT2D eigenvalue weighted by atomic mass is 9.95. The minimum atomic E-state index is 0.284. The van der Waals surface area contributed by atoms with Crippen LogP contribution in [-0.2, 0) is 18.9 Å². The molecule has 1 aromatic heterocycles. The largest absolute Gasteiger partial charge is 0.350 e. The molecule has 1 fully saturated rings. The Morgan fingerprint density at radius 3 is 2.71 bits per heavy atom. The SMILES string of the molecule is CCc1cccc2c(C3(CN)CC3)cn(C)c12. The lowest BCUT2D eigenvalue weighted by Gasteiger charge is -2.11. The Balaban J connectivity index is 2.28. The Morgan fingerprint density at radius 2 is 2.12 bits per heavy atom. The van der Waals surface area contributed by atoms with Crippen molar-refractivity contribution >= 4 is 10.9 Å². The van der Waals surface area contributed by atoms with Gasteiger partial charge >= 0.3 is 0 Å². The van der Waals surface area contributed by atoms with Crippen LogP contribution < -0.4 is 5.73 Å². The van der Waals surface area contributed by atoms with Gasteiger partial charge in [0.15, 0.2) is 0 Å². The standard InChI is InChI=1S/C15H20N2/c1-3-11-5-4-6-12-13(9-17(2)14(11)12)15(10-16)7-8-15/h4-6,9H,3,7-8,10,16H2,1-2H3. The van der Waals surface area contributed by atoms with Gasteiger partial charge in [0.1, 0.15) is 0 Å². The van der Waals surface area contributed by atoms with E-state index in [-0.39, 0.29) is 5.41 Å². The van der Waals surface area contributed by atoms with Crippen LogP contribution in [0.5, 0.6) is 0 Å². The van der Waals surface area contributed by atoms with E-state index in [9.17, 15) is 0 Å². The minimum Gasteiger partial charge on any atom is -0.350 e. The van der Waals surface area contributed by atoms with E-state index >= 15 is 0 Å². The van der Waals surface area contributed by atoms with Crippen LogP contribution in [0.3, 0.4) is 0 Å². The Hall–Kier alpha value is -1.28. The Bertz CT molecular complexity index is 562. The molecule has 90 valence electrons. The maximum Gasteiger partial charge on any atom is 0.0513 e. The van der Waals surface area contributed by atoms with E-state index in [1.807, 2.05) is 0 Å². The number of benzene rings is 1. The minimum absolute atomic E-state index is 0.284. The first-order chi connectivity index (χ1) is 8.22. The summed E-state index contributed by atoms with van der Waals surface area (Å²) in [6.07, 6.45) is 5.88. The molecule has 2 aromatic rings. The van der Waals surface area contributed by atoms with E-state index in [0.29, 0.717) is 0 Å². The summed E-state index contributed by atoms with van der Waals surface area (Å²) in [5, 5.41) is 1.41. The van der Waals surface area contributed by atoms with Crippen LogP contribution in [0, 0.1) is 0 Å². The van der Waals surface area contributed by atoms with Gasteiger partial charge in [-0.05, 0) is 30.4 Å². The normalized spacial score (nSPS) is 17.6. The lowest BCUT2D eigenvalue weighted by molar-refractivity contribution is 0.706. The van der Waals surface area contributed by atoms with Gasteiger partial charge in [-0.2, -0.15) is 0 Å². The van der Waals surface area contributed by atoms with E-state index < -0.39 is 0 Å². The number of hydrogen-bond acceptors (Lipinski definition) is 1. The highest BCUT2D eigenvalue weighted by molar-refractivity contribution is 5.88. The Morgan fingerprint density at radius 1 is 1.35 bits per heavy atom. The molecule has 0 unspecified atom stereocenters. The van der Waals surface area contributed by atoms with Crippen molar-refractivity contribution in [2.24, 2.45) is 12.8 Å². The first-order valence-electron chi connectivity index (χ1n) is 6.49. The van der Waals surface area contributed by atoms with Crippen molar-refractivity contribution < 1.29 is 0 Å². The lowest BCUT2D eigenvalue weighted by Crippen LogP contribution is -2.19. The molecule has 2 nitrogen and oxygen atoms in total. The van der Waals surface area contributed by atoms with Crippen LogP contribution in [0.15, 0.2) is 24.4 Å². The average molecular weight is 228 g/mol. The molecule has 2 N–H and O–H groups in total. The van der Waals surface area contributed by atoms with Crippen molar-refractivity contribution in [1.29, 1.82) is 0 Å². The molecule has 0 saturated heterocycles. The molecule has 1 saturated carbocycles. The summed E-state index contributed by atoms with van der Waals surface area (Å²) in [5.41, 5.74) is 10.5. The van der Waals surface area contributed by atoms with Crippen LogP contribution in [0.1, 0.15) is 30.9 Å². The highest BCUT2D eigenvalue weighted by atomic mass is 14.9. The van der Waals surface area contributed by atoms with Crippen LogP contribution in [0.2, 0.25) is 0 Å². The van der Waals surface area contributed by atoms with E-state index in [4.69, 9.17) is 5.73 Å². The predicted octanol–water partition coefficient (Wildman–Crippen LogP) is 2.73. The topological polar surface area (TPSA) is 30.9 Å². The highest BCUT2D eigenvalue weighted by Crippen LogP contribution is 2.50. The number of aromatic nitrogens is 1. The predicted molar refractivity (Wildman–Crippen MR) is 72.3 cm³/mol. The third-order valence-electron chi connectivity index (χ3n) is 4.28. The first kappa shape index (κ1) is 10.8. The van der Waals surface area contributed by atoms with Gasteiger partial charge in [0, 0.05) is 30.6 Å². The van der Waals surface area contributed by atoms with E-state index in [0.717, 1.165) is 13.0 Å². The molecule has 0 aliphatic heterocycles. The third kappa shape index (κ3) is 1.44. The van der Waals surface area contributed by atoms with Gasteiger partial charge in [0.25, 0.3) is 0 Å². The maximum absolute atomic E-state index is 5.96. The van der Waals surface area contributed by atoms with Gasteiger partial charge in [-0.3, -0.25) is 0 Å². The van der Waals surface area contributed by atoms with Crippen molar-refractivity contribution in [1.82, 2.24) is 4.57 Å². The molecule has 3 rings (SSSR count). The molecule has 0 spiro atoms. The first-order valence-corrected chi connectivity index (χ1v) is 6.49. The van der Waals surface area contributed by atoms with Crippen molar-refractivity contribution in [2.45, 2.75) is 31.6 Å². The van der Waals surface area contributed by atoms with E-state index in [1.54, 1.807) is 0 Å². The molecule has 1 aliphatic carbocycles. The van der Waals surface area contributed by atoms with E-state index in [2.05, 4.69) is 42.9 Å². The molecular formula is C15H20N2. The fourth-order valence-electron chi connectivity index (χ4n) is 3.00. The summed E-state index contributed by atoms with van der Waals surface area (Å²) in [5.74, 6) is 0. The fraction of sp³-hybridized carbons (Fsp3) is 0.467. The van der Waals surface area contributed by atoms with Crippen molar-refractivity contribution in [2.75, 3.05) is 6.54 Å². The number of nitrogens with zero attached hydrogens (tertiary/aromatic N) is 1. The molecule has 1 aliphatic rings. The van der Waals surface area contributed by atoms with Crippen LogP contribution in [0.25, 0.3) is 10.9 Å². The molecule has 17 heavy (non-hydrogen) atoms.